The second-order valence-corrected chi connectivity index (χ2v) is 5.72. The van der Waals surface area contributed by atoms with Gasteiger partial charge in [0.05, 0.1) is 11.6 Å². The van der Waals surface area contributed by atoms with E-state index >= 15 is 0 Å². The van der Waals surface area contributed by atoms with Crippen LogP contribution >= 0.6 is 0 Å². The highest BCUT2D eigenvalue weighted by Crippen LogP contribution is 2.13. The smallest absolute Gasteiger partial charge is 0.292 e. The van der Waals surface area contributed by atoms with Gasteiger partial charge < -0.3 is 5.11 Å². The molecule has 0 fully saturated rings. The van der Waals surface area contributed by atoms with Crippen LogP contribution in [0.1, 0.15) is 29.4 Å². The van der Waals surface area contributed by atoms with E-state index in [0.29, 0.717) is 22.9 Å². The van der Waals surface area contributed by atoms with E-state index in [1.54, 1.807) is 42.5 Å². The Hall–Kier alpha value is -3.48. The van der Waals surface area contributed by atoms with Gasteiger partial charge in [-0.05, 0) is 30.2 Å². The molecule has 26 heavy (non-hydrogen) atoms. The fourth-order valence-electron chi connectivity index (χ4n) is 2.59. The van der Waals surface area contributed by atoms with Crippen molar-refractivity contribution in [3.05, 3.63) is 70.1 Å². The highest BCUT2D eigenvalue weighted by molar-refractivity contribution is 6.04. The van der Waals surface area contributed by atoms with Crippen LogP contribution in [-0.4, -0.2) is 27.0 Å². The molecule has 0 saturated heterocycles. The second-order valence-electron chi connectivity index (χ2n) is 5.72. The minimum absolute atomic E-state index is 0.111. The molecule has 0 aliphatic rings. The topological polar surface area (TPSA) is 96.6 Å². The Morgan fingerprint density at radius 3 is 2.73 bits per heavy atom. The van der Waals surface area contributed by atoms with Crippen molar-refractivity contribution in [2.24, 2.45) is 5.10 Å². The Balaban J connectivity index is 1.92. The monoisotopic (exact) mass is 350 g/mol. The zero-order valence-electron chi connectivity index (χ0n) is 14.2. The number of carbonyl (C=O) groups excluding carboxylic acids is 1. The van der Waals surface area contributed by atoms with Gasteiger partial charge in [-0.3, -0.25) is 9.59 Å². The first-order chi connectivity index (χ1) is 12.6. The molecule has 3 rings (SSSR count). The summed E-state index contributed by atoms with van der Waals surface area (Å²) in [5.41, 5.74) is 2.98. The van der Waals surface area contributed by atoms with E-state index in [0.717, 1.165) is 6.42 Å². The molecule has 3 aromatic rings. The Bertz CT molecular complexity index is 1040. The molecule has 7 heteroatoms. The van der Waals surface area contributed by atoms with Gasteiger partial charge in [0, 0.05) is 11.9 Å². The lowest BCUT2D eigenvalue weighted by Crippen LogP contribution is -2.29. The summed E-state index contributed by atoms with van der Waals surface area (Å²) in [5.74, 6) is -0.401. The number of benzene rings is 2. The van der Waals surface area contributed by atoms with E-state index in [1.165, 1.54) is 17.0 Å². The lowest BCUT2D eigenvalue weighted by Gasteiger charge is -2.09. The maximum Gasteiger partial charge on any atom is 0.292 e. The summed E-state index contributed by atoms with van der Waals surface area (Å²) in [6.07, 6.45) is 2.14. The lowest BCUT2D eigenvalue weighted by molar-refractivity contribution is 0.0949. The summed E-state index contributed by atoms with van der Waals surface area (Å²) in [6.45, 7) is 2.36. The molecule has 132 valence electrons. The molecule has 0 spiro atoms. The molecule has 2 aromatic carbocycles. The van der Waals surface area contributed by atoms with Gasteiger partial charge >= 0.3 is 0 Å². The van der Waals surface area contributed by atoms with Gasteiger partial charge in [-0.1, -0.05) is 37.3 Å². The van der Waals surface area contributed by atoms with Crippen LogP contribution < -0.4 is 11.0 Å². The maximum atomic E-state index is 12.5. The number of hydrazone groups is 1. The van der Waals surface area contributed by atoms with E-state index in [1.807, 2.05) is 6.92 Å². The van der Waals surface area contributed by atoms with Crippen LogP contribution in [0, 0.1) is 0 Å². The second kappa shape index (κ2) is 7.60. The van der Waals surface area contributed by atoms with Gasteiger partial charge in [0.2, 0.25) is 0 Å². The van der Waals surface area contributed by atoms with E-state index < -0.39 is 5.91 Å². The summed E-state index contributed by atoms with van der Waals surface area (Å²) in [7, 11) is 0. The van der Waals surface area contributed by atoms with Gasteiger partial charge in [0.15, 0.2) is 5.69 Å². The van der Waals surface area contributed by atoms with Crippen LogP contribution in [0.15, 0.2) is 58.4 Å². The van der Waals surface area contributed by atoms with Crippen molar-refractivity contribution in [3.8, 4) is 5.75 Å². The van der Waals surface area contributed by atoms with Gasteiger partial charge in [-0.15, -0.1) is 0 Å². The molecule has 2 N–H and O–H groups in total. The van der Waals surface area contributed by atoms with Crippen molar-refractivity contribution in [1.29, 1.82) is 0 Å². The maximum absolute atomic E-state index is 12.5. The zero-order valence-corrected chi connectivity index (χ0v) is 14.2. The molecule has 0 aliphatic carbocycles. The lowest BCUT2D eigenvalue weighted by atomic mass is 10.1. The molecule has 0 atom stereocenters. The number of hydrogen-bond acceptors (Lipinski definition) is 5. The van der Waals surface area contributed by atoms with Gasteiger partial charge in [0.1, 0.15) is 5.75 Å². The highest BCUT2D eigenvalue weighted by Gasteiger charge is 2.15. The van der Waals surface area contributed by atoms with Gasteiger partial charge in [0.25, 0.3) is 11.5 Å². The predicted molar refractivity (Wildman–Crippen MR) is 99.5 cm³/mol. The normalized spacial score (nSPS) is 11.1. The number of aromatic nitrogens is 2. The number of hydrogen-bond donors (Lipinski definition) is 2. The van der Waals surface area contributed by atoms with Crippen LogP contribution in [0.25, 0.3) is 10.8 Å². The molecular formula is C19H18N4O3. The van der Waals surface area contributed by atoms with Crippen LogP contribution in [-0.2, 0) is 6.54 Å². The van der Waals surface area contributed by atoms with Crippen LogP contribution in [0.4, 0.5) is 0 Å². The number of nitrogens with one attached hydrogen (secondary N) is 1. The minimum Gasteiger partial charge on any atom is -0.508 e. The summed E-state index contributed by atoms with van der Waals surface area (Å²) in [5, 5.41) is 18.5. The quantitative estimate of drug-likeness (QED) is 0.545. The van der Waals surface area contributed by atoms with Crippen molar-refractivity contribution >= 4 is 22.9 Å². The van der Waals surface area contributed by atoms with Gasteiger partial charge in [-0.25, -0.2) is 10.1 Å². The van der Waals surface area contributed by atoms with Crippen molar-refractivity contribution in [1.82, 2.24) is 15.2 Å². The van der Waals surface area contributed by atoms with Crippen LogP contribution in [0.3, 0.4) is 0 Å². The summed E-state index contributed by atoms with van der Waals surface area (Å²) < 4.78 is 1.30. The number of nitrogens with zero attached hydrogens (tertiary/aromatic N) is 3. The molecule has 7 nitrogen and oxygen atoms in total. The average molecular weight is 350 g/mol. The third kappa shape index (κ3) is 3.61. The number of aromatic hydroxyl groups is 1. The molecule has 1 aromatic heterocycles. The Labute approximate surface area is 149 Å². The number of amides is 1. The van der Waals surface area contributed by atoms with Crippen molar-refractivity contribution < 1.29 is 9.90 Å². The van der Waals surface area contributed by atoms with Crippen molar-refractivity contribution in [3.63, 3.8) is 0 Å². The molecule has 0 aliphatic heterocycles. The number of phenolic OH excluding ortho intramolecular Hbond substituents is 1. The Morgan fingerprint density at radius 1 is 1.23 bits per heavy atom. The molecule has 0 radical (unpaired) electrons. The first-order valence-electron chi connectivity index (χ1n) is 8.22. The average Bonchev–Trinajstić information content (AvgIpc) is 2.64. The van der Waals surface area contributed by atoms with Crippen LogP contribution in [0.5, 0.6) is 5.75 Å². The van der Waals surface area contributed by atoms with E-state index in [9.17, 15) is 14.7 Å². The predicted octanol–water partition coefficient (Wildman–Crippen LogP) is 2.28. The molecule has 0 unspecified atom stereocenters. The van der Waals surface area contributed by atoms with E-state index in [4.69, 9.17) is 0 Å². The molecular weight excluding hydrogens is 332 g/mol. The summed E-state index contributed by atoms with van der Waals surface area (Å²) >= 11 is 0. The van der Waals surface area contributed by atoms with Crippen molar-refractivity contribution in [2.75, 3.05) is 0 Å². The van der Waals surface area contributed by atoms with Gasteiger partial charge in [-0.2, -0.15) is 10.2 Å². The molecule has 0 bridgehead atoms. The highest BCUT2D eigenvalue weighted by atomic mass is 16.3. The number of aryl methyl sites for hydroxylation is 1. The number of phenols is 1. The largest absolute Gasteiger partial charge is 0.508 e. The fraction of sp³-hybridized carbons (Fsp3) is 0.158. The molecule has 1 amide bonds. The SMILES string of the molecule is CCCn1nc(C(=O)N/N=C\c2cccc(O)c2)c2ccccc2c1=O. The summed E-state index contributed by atoms with van der Waals surface area (Å²) in [6, 6.07) is 13.3. The fourth-order valence-corrected chi connectivity index (χ4v) is 2.59. The molecule has 1 heterocycles. The first kappa shape index (κ1) is 17.3. The number of rotatable bonds is 5. The Morgan fingerprint density at radius 2 is 2.00 bits per heavy atom. The van der Waals surface area contributed by atoms with E-state index in [2.05, 4.69) is 15.6 Å². The number of fused-ring (bicyclic) bond motifs is 1. The van der Waals surface area contributed by atoms with E-state index in [-0.39, 0.29) is 17.0 Å². The van der Waals surface area contributed by atoms with Crippen molar-refractivity contribution in [2.45, 2.75) is 19.9 Å². The number of carbonyl (C=O) groups is 1. The summed E-state index contributed by atoms with van der Waals surface area (Å²) in [4.78, 5) is 25.0. The molecule has 0 saturated carbocycles. The van der Waals surface area contributed by atoms with Crippen LogP contribution in [0.2, 0.25) is 0 Å². The minimum atomic E-state index is -0.512. The third-order valence-corrected chi connectivity index (χ3v) is 3.77. The first-order valence-corrected chi connectivity index (χ1v) is 8.22. The standard InChI is InChI=1S/C19H18N4O3/c1-2-10-23-19(26)16-9-4-3-8-15(16)17(22-23)18(25)21-20-12-13-6-5-7-14(24)11-13/h3-9,11-12,24H,2,10H2,1H3,(H,21,25)/b20-12-. The zero-order chi connectivity index (χ0) is 18.5. The Kier molecular flexibility index (Phi) is 5.07. The third-order valence-electron chi connectivity index (χ3n) is 3.77.